The van der Waals surface area contributed by atoms with E-state index in [9.17, 15) is 9.59 Å². The van der Waals surface area contributed by atoms with Crippen LogP contribution in [0.3, 0.4) is 0 Å². The SMILES string of the molecule is CCN(Cc1ccc(-n2ccc(NC(=O)N3CCNCC3)nc2=O)cc1C)[C@H]1CC[C@H](N)CC1. The first kappa shape index (κ1) is 24.4. The Kier molecular flexibility index (Phi) is 7.97. The van der Waals surface area contributed by atoms with Gasteiger partial charge in [-0.05, 0) is 68.5 Å². The predicted molar refractivity (Wildman–Crippen MR) is 134 cm³/mol. The van der Waals surface area contributed by atoms with E-state index in [1.54, 1.807) is 17.2 Å². The van der Waals surface area contributed by atoms with Gasteiger partial charge in [0, 0.05) is 51.0 Å². The standard InChI is InChI=1S/C25H37N7O2/c1-3-30(21-8-5-20(26)6-9-21)17-19-4-7-22(16-18(19)2)32-13-10-23(29-25(32)34)28-24(33)31-14-11-27-12-15-31/h4,7,10,13,16,20-21,27H,3,5-6,8-9,11-12,14-15,17,26H2,1-2H3,(H,28,29,33,34)/t20-,21-. The summed E-state index contributed by atoms with van der Waals surface area (Å²) in [6.07, 6.45) is 6.18. The van der Waals surface area contributed by atoms with Crippen molar-refractivity contribution >= 4 is 11.8 Å². The molecule has 0 unspecified atom stereocenters. The van der Waals surface area contributed by atoms with E-state index in [-0.39, 0.29) is 11.8 Å². The van der Waals surface area contributed by atoms with Crippen molar-refractivity contribution in [2.75, 3.05) is 38.0 Å². The van der Waals surface area contributed by atoms with Gasteiger partial charge in [-0.2, -0.15) is 4.98 Å². The molecule has 4 rings (SSSR count). The highest BCUT2D eigenvalue weighted by Gasteiger charge is 2.24. The molecule has 9 heteroatoms. The van der Waals surface area contributed by atoms with Gasteiger partial charge in [0.15, 0.2) is 0 Å². The summed E-state index contributed by atoms with van der Waals surface area (Å²) in [4.78, 5) is 33.4. The lowest BCUT2D eigenvalue weighted by molar-refractivity contribution is 0.149. The molecular formula is C25H37N7O2. The van der Waals surface area contributed by atoms with Crippen molar-refractivity contribution in [3.63, 3.8) is 0 Å². The molecule has 1 aromatic carbocycles. The second-order valence-electron chi connectivity index (χ2n) is 9.38. The zero-order valence-electron chi connectivity index (χ0n) is 20.3. The molecule has 2 aromatic rings. The first-order valence-corrected chi connectivity index (χ1v) is 12.4. The molecule has 1 aromatic heterocycles. The van der Waals surface area contributed by atoms with E-state index in [2.05, 4.69) is 40.4 Å². The molecule has 34 heavy (non-hydrogen) atoms. The number of urea groups is 1. The van der Waals surface area contributed by atoms with E-state index in [4.69, 9.17) is 5.73 Å². The van der Waals surface area contributed by atoms with E-state index >= 15 is 0 Å². The van der Waals surface area contributed by atoms with Crippen molar-refractivity contribution in [3.05, 3.63) is 52.1 Å². The number of nitrogens with zero attached hydrogens (tertiary/aromatic N) is 4. The number of aryl methyl sites for hydroxylation is 1. The Morgan fingerprint density at radius 1 is 1.21 bits per heavy atom. The Morgan fingerprint density at radius 2 is 1.94 bits per heavy atom. The van der Waals surface area contributed by atoms with Gasteiger partial charge in [-0.15, -0.1) is 0 Å². The molecule has 4 N–H and O–H groups in total. The van der Waals surface area contributed by atoms with Crippen molar-refractivity contribution in [2.24, 2.45) is 5.73 Å². The highest BCUT2D eigenvalue weighted by Crippen LogP contribution is 2.25. The highest BCUT2D eigenvalue weighted by atomic mass is 16.2. The third-order valence-corrected chi connectivity index (χ3v) is 7.08. The van der Waals surface area contributed by atoms with E-state index in [0.29, 0.717) is 25.2 Å². The molecule has 0 atom stereocenters. The fraction of sp³-hybridized carbons (Fsp3) is 0.560. The lowest BCUT2D eigenvalue weighted by atomic mass is 9.90. The molecule has 9 nitrogen and oxygen atoms in total. The van der Waals surface area contributed by atoms with Gasteiger partial charge in [0.1, 0.15) is 5.82 Å². The minimum absolute atomic E-state index is 0.230. The predicted octanol–water partition coefficient (Wildman–Crippen LogP) is 2.07. The Hall–Kier alpha value is -2.75. The molecule has 0 bridgehead atoms. The van der Waals surface area contributed by atoms with E-state index in [1.165, 1.54) is 10.1 Å². The number of benzene rings is 1. The molecule has 2 amide bonds. The summed E-state index contributed by atoms with van der Waals surface area (Å²) in [7, 11) is 0. The first-order chi connectivity index (χ1) is 16.4. The van der Waals surface area contributed by atoms with E-state index in [1.807, 2.05) is 12.1 Å². The number of anilines is 1. The molecule has 2 heterocycles. The summed E-state index contributed by atoms with van der Waals surface area (Å²) >= 11 is 0. The van der Waals surface area contributed by atoms with Crippen LogP contribution in [0.4, 0.5) is 10.6 Å². The van der Waals surface area contributed by atoms with Gasteiger partial charge in [-0.1, -0.05) is 13.0 Å². The lowest BCUT2D eigenvalue weighted by Crippen LogP contribution is -2.48. The summed E-state index contributed by atoms with van der Waals surface area (Å²) in [6.45, 7) is 9.01. The molecule has 1 saturated carbocycles. The van der Waals surface area contributed by atoms with Gasteiger partial charge >= 0.3 is 11.7 Å². The Balaban J connectivity index is 1.43. The van der Waals surface area contributed by atoms with Crippen molar-refractivity contribution in [3.8, 4) is 5.69 Å². The van der Waals surface area contributed by atoms with Crippen molar-refractivity contribution in [1.29, 1.82) is 0 Å². The fourth-order valence-electron chi connectivity index (χ4n) is 4.92. The second-order valence-corrected chi connectivity index (χ2v) is 9.38. The average molecular weight is 468 g/mol. The smallest absolute Gasteiger partial charge is 0.328 e. The third kappa shape index (κ3) is 5.84. The van der Waals surface area contributed by atoms with Crippen LogP contribution in [0.15, 0.2) is 35.3 Å². The molecule has 0 spiro atoms. The minimum atomic E-state index is -0.418. The molecule has 1 aliphatic heterocycles. The Labute approximate surface area is 201 Å². The number of rotatable bonds is 6. The van der Waals surface area contributed by atoms with Gasteiger partial charge in [0.2, 0.25) is 0 Å². The van der Waals surface area contributed by atoms with Gasteiger partial charge in [0.25, 0.3) is 0 Å². The Morgan fingerprint density at radius 3 is 2.59 bits per heavy atom. The van der Waals surface area contributed by atoms with Crippen LogP contribution in [0, 0.1) is 6.92 Å². The van der Waals surface area contributed by atoms with Crippen LogP contribution in [0.25, 0.3) is 5.69 Å². The van der Waals surface area contributed by atoms with Crippen molar-refractivity contribution in [2.45, 2.75) is 58.2 Å². The highest BCUT2D eigenvalue weighted by molar-refractivity contribution is 5.88. The van der Waals surface area contributed by atoms with Crippen LogP contribution in [0.2, 0.25) is 0 Å². The van der Waals surface area contributed by atoms with E-state index in [0.717, 1.165) is 63.1 Å². The second kappa shape index (κ2) is 11.1. The summed E-state index contributed by atoms with van der Waals surface area (Å²) in [6, 6.07) is 8.47. The number of aromatic nitrogens is 2. The summed E-state index contributed by atoms with van der Waals surface area (Å²) < 4.78 is 1.51. The maximum atomic E-state index is 12.7. The minimum Gasteiger partial charge on any atom is -0.328 e. The maximum Gasteiger partial charge on any atom is 0.354 e. The van der Waals surface area contributed by atoms with Crippen LogP contribution >= 0.6 is 0 Å². The molecule has 1 aliphatic carbocycles. The first-order valence-electron chi connectivity index (χ1n) is 12.4. The normalized spacial score (nSPS) is 21.0. The average Bonchev–Trinajstić information content (AvgIpc) is 2.84. The molecule has 2 aliphatic rings. The van der Waals surface area contributed by atoms with Crippen LogP contribution in [-0.4, -0.2) is 70.2 Å². The monoisotopic (exact) mass is 467 g/mol. The van der Waals surface area contributed by atoms with Gasteiger partial charge in [0.05, 0.1) is 5.69 Å². The zero-order valence-corrected chi connectivity index (χ0v) is 20.3. The summed E-state index contributed by atoms with van der Waals surface area (Å²) in [5, 5.41) is 5.95. The van der Waals surface area contributed by atoms with Crippen LogP contribution in [0.1, 0.15) is 43.7 Å². The molecule has 2 fully saturated rings. The molecule has 1 saturated heterocycles. The van der Waals surface area contributed by atoms with Gasteiger partial charge in [-0.25, -0.2) is 9.59 Å². The molecular weight excluding hydrogens is 430 g/mol. The Bertz CT molecular complexity index is 1040. The van der Waals surface area contributed by atoms with Crippen molar-refractivity contribution < 1.29 is 4.79 Å². The number of carbonyl (C=O) groups is 1. The topological polar surface area (TPSA) is 109 Å². The molecule has 0 radical (unpaired) electrons. The molecule has 184 valence electrons. The number of nitrogens with one attached hydrogen (secondary N) is 2. The summed E-state index contributed by atoms with van der Waals surface area (Å²) in [5.74, 6) is 0.268. The van der Waals surface area contributed by atoms with E-state index < -0.39 is 5.69 Å². The number of nitrogens with two attached hydrogens (primary N) is 1. The lowest BCUT2D eigenvalue weighted by Gasteiger charge is -2.35. The maximum absolute atomic E-state index is 12.7. The number of hydrogen-bond donors (Lipinski definition) is 3. The van der Waals surface area contributed by atoms with Gasteiger partial charge < -0.3 is 16.0 Å². The van der Waals surface area contributed by atoms with Crippen LogP contribution in [0.5, 0.6) is 0 Å². The third-order valence-electron chi connectivity index (χ3n) is 7.08. The van der Waals surface area contributed by atoms with Crippen molar-refractivity contribution in [1.82, 2.24) is 24.7 Å². The summed E-state index contributed by atoms with van der Waals surface area (Å²) in [5.41, 5.74) is 8.85. The van der Waals surface area contributed by atoms with Gasteiger partial charge in [-0.3, -0.25) is 14.8 Å². The number of carbonyl (C=O) groups excluding carboxylic acids is 1. The number of piperazine rings is 1. The zero-order chi connectivity index (χ0) is 24.1. The number of amides is 2. The van der Waals surface area contributed by atoms with Crippen LogP contribution < -0.4 is 22.1 Å². The fourth-order valence-corrected chi connectivity index (χ4v) is 4.92. The number of hydrogen-bond acceptors (Lipinski definition) is 6. The quantitative estimate of drug-likeness (QED) is 0.600. The largest absolute Gasteiger partial charge is 0.354 e. The van der Waals surface area contributed by atoms with Crippen LogP contribution in [-0.2, 0) is 6.54 Å².